The van der Waals surface area contributed by atoms with Gasteiger partial charge in [-0.05, 0) is 55.2 Å². The summed E-state index contributed by atoms with van der Waals surface area (Å²) in [5.74, 6) is -1.28. The average molecular weight is 366 g/mol. The number of Topliss-reactive ketones (excluding diaryl/α,β-unsaturated/α-hetero) is 1. The van der Waals surface area contributed by atoms with Crippen molar-refractivity contribution >= 4 is 29.8 Å². The average Bonchev–Trinajstić information content (AvgIpc) is 3.18. The molecule has 0 bridgehead atoms. The summed E-state index contributed by atoms with van der Waals surface area (Å²) < 4.78 is 14.0. The van der Waals surface area contributed by atoms with Crippen LogP contribution in [-0.4, -0.2) is 36.7 Å². The number of halogens is 1. The summed E-state index contributed by atoms with van der Waals surface area (Å²) in [6.45, 7) is 3.64. The van der Waals surface area contributed by atoms with Crippen molar-refractivity contribution in [3.63, 3.8) is 0 Å². The van der Waals surface area contributed by atoms with E-state index in [-0.39, 0.29) is 17.9 Å². The second kappa shape index (κ2) is 8.62. The van der Waals surface area contributed by atoms with Crippen LogP contribution in [-0.2, 0) is 4.79 Å². The molecule has 2 aromatic carbocycles. The lowest BCUT2D eigenvalue weighted by molar-refractivity contribution is -0.115. The smallest absolute Gasteiger partial charge is 0.166 e. The van der Waals surface area contributed by atoms with Gasteiger partial charge in [0.25, 0.3) is 0 Å². The van der Waals surface area contributed by atoms with Crippen molar-refractivity contribution < 1.29 is 14.3 Å². The Balaban J connectivity index is 1.75. The highest BCUT2D eigenvalue weighted by Gasteiger charge is 2.11. The zero-order valence-corrected chi connectivity index (χ0v) is 15.4. The number of hydrogen-bond acceptors (Lipinski definition) is 4. The van der Waals surface area contributed by atoms with Crippen LogP contribution in [0.2, 0.25) is 0 Å². The molecule has 0 amide bonds. The molecule has 0 spiro atoms. The van der Waals surface area contributed by atoms with Gasteiger partial charge in [-0.1, -0.05) is 24.3 Å². The second-order valence-corrected chi connectivity index (χ2v) is 6.73. The van der Waals surface area contributed by atoms with Crippen LogP contribution in [0.3, 0.4) is 0 Å². The van der Waals surface area contributed by atoms with Gasteiger partial charge in [-0.2, -0.15) is 0 Å². The lowest BCUT2D eigenvalue weighted by atomic mass is 10.1. The second-order valence-electron chi connectivity index (χ2n) is 6.73. The fraction of sp³-hybridized carbons (Fsp3) is 0.273. The normalized spacial score (nSPS) is 14.5. The van der Waals surface area contributed by atoms with Crippen molar-refractivity contribution in [2.45, 2.75) is 19.8 Å². The van der Waals surface area contributed by atoms with E-state index in [1.54, 1.807) is 12.1 Å². The van der Waals surface area contributed by atoms with E-state index in [1.807, 2.05) is 18.2 Å². The van der Waals surface area contributed by atoms with Crippen LogP contribution in [0.1, 0.15) is 36.5 Å². The Hall–Kier alpha value is -2.95. The Morgan fingerprint density at radius 1 is 1.15 bits per heavy atom. The highest BCUT2D eigenvalue weighted by molar-refractivity contribution is 5.87. The Morgan fingerprint density at radius 2 is 1.81 bits per heavy atom. The van der Waals surface area contributed by atoms with Gasteiger partial charge in [0.15, 0.2) is 17.3 Å². The fourth-order valence-electron chi connectivity index (χ4n) is 3.07. The number of phenolic OH excluding ortho intramolecular Hbond substituents is 1. The lowest BCUT2D eigenvalue weighted by Gasteiger charge is -2.17. The molecule has 1 heterocycles. The van der Waals surface area contributed by atoms with Crippen molar-refractivity contribution in [1.82, 2.24) is 0 Å². The maximum atomic E-state index is 14.0. The number of aliphatic imine (C=N–C) groups is 1. The molecule has 1 aliphatic heterocycles. The quantitative estimate of drug-likeness (QED) is 0.612. The number of carbonyl (C=O) groups is 1. The summed E-state index contributed by atoms with van der Waals surface area (Å²) >= 11 is 0. The predicted molar refractivity (Wildman–Crippen MR) is 108 cm³/mol. The summed E-state index contributed by atoms with van der Waals surface area (Å²) in [5, 5.41) is 9.83. The van der Waals surface area contributed by atoms with Crippen LogP contribution in [0.15, 0.2) is 41.4 Å². The van der Waals surface area contributed by atoms with Gasteiger partial charge in [0.2, 0.25) is 0 Å². The molecule has 1 saturated heterocycles. The van der Waals surface area contributed by atoms with Crippen molar-refractivity contribution in [2.75, 3.05) is 24.5 Å². The first-order valence-corrected chi connectivity index (χ1v) is 9.08. The highest BCUT2D eigenvalue weighted by Crippen LogP contribution is 2.24. The minimum atomic E-state index is -0.717. The first kappa shape index (κ1) is 18.8. The van der Waals surface area contributed by atoms with E-state index >= 15 is 0 Å². The van der Waals surface area contributed by atoms with Crippen LogP contribution in [0.25, 0.3) is 12.2 Å². The number of rotatable bonds is 6. The molecule has 1 N–H and O–H groups in total. The Morgan fingerprint density at radius 3 is 2.48 bits per heavy atom. The van der Waals surface area contributed by atoms with Crippen LogP contribution >= 0.6 is 0 Å². The number of phenols is 1. The van der Waals surface area contributed by atoms with Crippen LogP contribution in [0, 0.1) is 5.82 Å². The van der Waals surface area contributed by atoms with Crippen molar-refractivity contribution in [3.8, 4) is 5.75 Å². The molecule has 0 atom stereocenters. The van der Waals surface area contributed by atoms with Gasteiger partial charge in [-0.15, -0.1) is 0 Å². The molecule has 0 radical (unpaired) electrons. The number of hydrogen-bond donors (Lipinski definition) is 1. The zero-order chi connectivity index (χ0) is 19.2. The van der Waals surface area contributed by atoms with E-state index in [9.17, 15) is 14.3 Å². The van der Waals surface area contributed by atoms with Gasteiger partial charge in [-0.25, -0.2) is 4.39 Å². The monoisotopic (exact) mass is 366 g/mol. The molecule has 0 unspecified atom stereocenters. The van der Waals surface area contributed by atoms with Gasteiger partial charge >= 0.3 is 0 Å². The van der Waals surface area contributed by atoms with Gasteiger partial charge in [0.1, 0.15) is 0 Å². The largest absolute Gasteiger partial charge is 0.504 e. The first-order valence-electron chi connectivity index (χ1n) is 9.08. The molecule has 27 heavy (non-hydrogen) atoms. The Labute approximate surface area is 158 Å². The number of nitrogens with zero attached hydrogens (tertiary/aromatic N) is 2. The maximum Gasteiger partial charge on any atom is 0.166 e. The molecule has 1 fully saturated rings. The molecule has 0 aliphatic carbocycles. The van der Waals surface area contributed by atoms with E-state index in [0.717, 1.165) is 18.7 Å². The van der Waals surface area contributed by atoms with Gasteiger partial charge in [0.05, 0.1) is 6.54 Å². The topological polar surface area (TPSA) is 52.9 Å². The van der Waals surface area contributed by atoms with E-state index in [4.69, 9.17) is 0 Å². The molecule has 2 aromatic rings. The molecule has 0 aromatic heterocycles. The van der Waals surface area contributed by atoms with Gasteiger partial charge in [0, 0.05) is 30.6 Å². The third kappa shape index (κ3) is 5.03. The third-order valence-corrected chi connectivity index (χ3v) is 4.49. The van der Waals surface area contributed by atoms with E-state index in [0.29, 0.717) is 5.56 Å². The summed E-state index contributed by atoms with van der Waals surface area (Å²) in [6.07, 6.45) is 7.49. The van der Waals surface area contributed by atoms with Crippen LogP contribution in [0.4, 0.5) is 10.1 Å². The molecule has 1 aliphatic rings. The Bertz CT molecular complexity index is 867. The summed E-state index contributed by atoms with van der Waals surface area (Å²) in [5.41, 5.74) is 3.10. The zero-order valence-electron chi connectivity index (χ0n) is 15.4. The minimum absolute atomic E-state index is 0.00446. The highest BCUT2D eigenvalue weighted by atomic mass is 19.1. The fourth-order valence-corrected chi connectivity index (χ4v) is 3.07. The lowest BCUT2D eigenvalue weighted by Crippen LogP contribution is -2.17. The summed E-state index contributed by atoms with van der Waals surface area (Å²) in [7, 11) is 0. The van der Waals surface area contributed by atoms with Gasteiger partial charge in [-0.3, -0.25) is 9.79 Å². The number of ketones is 1. The molecule has 3 rings (SSSR count). The molecule has 4 nitrogen and oxygen atoms in total. The van der Waals surface area contributed by atoms with Crippen LogP contribution in [0.5, 0.6) is 5.75 Å². The van der Waals surface area contributed by atoms with Crippen molar-refractivity contribution in [1.29, 1.82) is 0 Å². The molecule has 5 heteroatoms. The summed E-state index contributed by atoms with van der Waals surface area (Å²) in [4.78, 5) is 17.2. The first-order chi connectivity index (χ1) is 13.0. The van der Waals surface area contributed by atoms with E-state index in [2.05, 4.69) is 22.0 Å². The third-order valence-electron chi connectivity index (χ3n) is 4.49. The van der Waals surface area contributed by atoms with Gasteiger partial charge < -0.3 is 10.0 Å². The Kier molecular flexibility index (Phi) is 6.01. The summed E-state index contributed by atoms with van der Waals surface area (Å²) in [6, 6.07) is 11.2. The molecular formula is C22H23FN2O2. The standard InChI is InChI=1S/C22H23FN2O2/c1-16(26)14-24-15-19-12-18(13-21(23)22(19)27)5-4-17-6-8-20(9-7-17)25-10-2-3-11-25/h4-9,12-13,15,27H,2-3,10-11,14H2,1H3/b5-4+,24-15?. The minimum Gasteiger partial charge on any atom is -0.504 e. The number of anilines is 1. The molecule has 140 valence electrons. The van der Waals surface area contributed by atoms with Crippen LogP contribution < -0.4 is 4.90 Å². The molecule has 0 saturated carbocycles. The van der Waals surface area contributed by atoms with E-state index in [1.165, 1.54) is 37.7 Å². The number of benzene rings is 2. The number of carbonyl (C=O) groups excluding carboxylic acids is 1. The predicted octanol–water partition coefficient (Wildman–Crippen LogP) is 4.31. The SMILES string of the molecule is CC(=O)CN=Cc1cc(/C=C/c2ccc(N3CCCC3)cc2)cc(F)c1O. The van der Waals surface area contributed by atoms with E-state index < -0.39 is 11.6 Å². The van der Waals surface area contributed by atoms with Crippen molar-refractivity contribution in [3.05, 3.63) is 58.9 Å². The van der Waals surface area contributed by atoms with Crippen molar-refractivity contribution in [2.24, 2.45) is 4.99 Å². The maximum absolute atomic E-state index is 14.0. The molecular weight excluding hydrogens is 343 g/mol. The number of aromatic hydroxyl groups is 1.